The molecule has 3 aromatic carbocycles. The molecule has 0 aromatic heterocycles. The van der Waals surface area contributed by atoms with Gasteiger partial charge < -0.3 is 10.6 Å². The molecular formula is C27H31N3O4S. The number of amides is 2. The van der Waals surface area contributed by atoms with Crippen molar-refractivity contribution in [3.63, 3.8) is 0 Å². The molecule has 0 spiro atoms. The highest BCUT2D eigenvalue weighted by Gasteiger charge is 2.21. The van der Waals surface area contributed by atoms with E-state index in [0.717, 1.165) is 17.5 Å². The first-order valence-electron chi connectivity index (χ1n) is 11.4. The molecule has 0 saturated carbocycles. The first-order valence-corrected chi connectivity index (χ1v) is 12.9. The van der Waals surface area contributed by atoms with Gasteiger partial charge in [0.2, 0.25) is 0 Å². The van der Waals surface area contributed by atoms with Crippen LogP contribution >= 0.6 is 0 Å². The zero-order chi connectivity index (χ0) is 25.8. The van der Waals surface area contributed by atoms with Crippen molar-refractivity contribution < 1.29 is 18.0 Å². The minimum Gasteiger partial charge on any atom is -0.350 e. The van der Waals surface area contributed by atoms with Gasteiger partial charge in [0, 0.05) is 17.3 Å². The van der Waals surface area contributed by atoms with E-state index in [1.807, 2.05) is 33.8 Å². The maximum absolute atomic E-state index is 13.2. The molecule has 0 fully saturated rings. The Morgan fingerprint density at radius 1 is 0.886 bits per heavy atom. The number of carbonyl (C=O) groups excluding carboxylic acids is 2. The fourth-order valence-corrected chi connectivity index (χ4v) is 4.97. The molecule has 0 bridgehead atoms. The van der Waals surface area contributed by atoms with E-state index in [1.54, 1.807) is 55.5 Å². The van der Waals surface area contributed by atoms with E-state index >= 15 is 0 Å². The summed E-state index contributed by atoms with van der Waals surface area (Å²) in [7, 11) is -3.94. The molecular weight excluding hydrogens is 462 g/mol. The van der Waals surface area contributed by atoms with Gasteiger partial charge in [0.1, 0.15) is 0 Å². The number of sulfonamides is 1. The first-order chi connectivity index (χ1) is 16.5. The molecule has 0 radical (unpaired) electrons. The molecule has 0 heterocycles. The van der Waals surface area contributed by atoms with Crippen LogP contribution in [0, 0.1) is 20.8 Å². The third-order valence-corrected chi connectivity index (χ3v) is 7.15. The number of hydrogen-bond acceptors (Lipinski definition) is 4. The van der Waals surface area contributed by atoms with Crippen molar-refractivity contribution in [1.29, 1.82) is 0 Å². The predicted octanol–water partition coefficient (Wildman–Crippen LogP) is 5.19. The Bertz CT molecular complexity index is 1350. The summed E-state index contributed by atoms with van der Waals surface area (Å²) >= 11 is 0. The Balaban J connectivity index is 1.88. The molecule has 0 aliphatic rings. The fraction of sp³-hybridized carbons (Fsp3) is 0.259. The predicted molar refractivity (Wildman–Crippen MR) is 140 cm³/mol. The van der Waals surface area contributed by atoms with Gasteiger partial charge in [-0.1, -0.05) is 31.2 Å². The molecule has 0 aliphatic carbocycles. The molecule has 0 aliphatic heterocycles. The van der Waals surface area contributed by atoms with Gasteiger partial charge in [-0.2, -0.15) is 0 Å². The van der Waals surface area contributed by atoms with Crippen LogP contribution in [0.15, 0.2) is 65.6 Å². The lowest BCUT2D eigenvalue weighted by Crippen LogP contribution is -2.32. The summed E-state index contributed by atoms with van der Waals surface area (Å²) in [6, 6.07) is 16.6. The van der Waals surface area contributed by atoms with Gasteiger partial charge in [-0.25, -0.2) is 8.42 Å². The molecule has 1 atom stereocenters. The lowest BCUT2D eigenvalue weighted by Gasteiger charge is -2.15. The van der Waals surface area contributed by atoms with E-state index in [-0.39, 0.29) is 22.4 Å². The number of benzene rings is 3. The van der Waals surface area contributed by atoms with E-state index in [1.165, 1.54) is 6.07 Å². The highest BCUT2D eigenvalue weighted by Crippen LogP contribution is 2.24. The van der Waals surface area contributed by atoms with Crippen molar-refractivity contribution in [2.75, 3.05) is 10.0 Å². The maximum Gasteiger partial charge on any atom is 0.262 e. The van der Waals surface area contributed by atoms with Crippen molar-refractivity contribution in [3.05, 3.63) is 88.5 Å². The summed E-state index contributed by atoms with van der Waals surface area (Å²) in [6.07, 6.45) is 0.775. The Hall–Kier alpha value is -3.65. The van der Waals surface area contributed by atoms with Crippen LogP contribution in [-0.4, -0.2) is 26.3 Å². The summed E-state index contributed by atoms with van der Waals surface area (Å²) in [4.78, 5) is 25.7. The number of nitrogens with one attached hydrogen (secondary N) is 3. The first kappa shape index (κ1) is 26.0. The van der Waals surface area contributed by atoms with Crippen molar-refractivity contribution in [3.8, 4) is 0 Å². The molecule has 2 amide bonds. The molecule has 0 saturated heterocycles. The van der Waals surface area contributed by atoms with E-state index in [4.69, 9.17) is 0 Å². The van der Waals surface area contributed by atoms with Crippen LogP contribution in [-0.2, 0) is 10.0 Å². The number of aryl methyl sites for hydroxylation is 3. The lowest BCUT2D eigenvalue weighted by molar-refractivity contribution is 0.0940. The van der Waals surface area contributed by atoms with Gasteiger partial charge in [-0.3, -0.25) is 14.3 Å². The van der Waals surface area contributed by atoms with Crippen LogP contribution in [0.3, 0.4) is 0 Å². The third-order valence-electron chi connectivity index (χ3n) is 5.62. The van der Waals surface area contributed by atoms with Crippen LogP contribution in [0.4, 0.5) is 11.4 Å². The summed E-state index contributed by atoms with van der Waals surface area (Å²) in [5.74, 6) is -0.809. The minimum absolute atomic E-state index is 0.00658. The topological polar surface area (TPSA) is 104 Å². The number of anilines is 2. The monoisotopic (exact) mass is 493 g/mol. The van der Waals surface area contributed by atoms with Crippen LogP contribution in [0.5, 0.6) is 0 Å². The van der Waals surface area contributed by atoms with Crippen LogP contribution in [0.25, 0.3) is 0 Å². The zero-order valence-electron chi connectivity index (χ0n) is 20.6. The SMILES string of the molecule is CC[C@H](C)NC(=O)c1ccccc1NC(=O)c1ccc(C)c(S(=O)(=O)Nc2cc(C)cc(C)c2)c1. The van der Waals surface area contributed by atoms with Gasteiger partial charge >= 0.3 is 0 Å². The largest absolute Gasteiger partial charge is 0.350 e. The second-order valence-corrected chi connectivity index (χ2v) is 10.4. The zero-order valence-corrected chi connectivity index (χ0v) is 21.4. The smallest absolute Gasteiger partial charge is 0.262 e. The van der Waals surface area contributed by atoms with Crippen molar-refractivity contribution in [2.45, 2.75) is 52.0 Å². The normalized spacial score (nSPS) is 12.0. The highest BCUT2D eigenvalue weighted by atomic mass is 32.2. The number of carbonyl (C=O) groups is 2. The second-order valence-electron chi connectivity index (χ2n) is 8.74. The summed E-state index contributed by atoms with van der Waals surface area (Å²) in [5.41, 5.74) is 3.67. The Kier molecular flexibility index (Phi) is 7.96. The fourth-order valence-electron chi connectivity index (χ4n) is 3.66. The van der Waals surface area contributed by atoms with Crippen LogP contribution < -0.4 is 15.4 Å². The van der Waals surface area contributed by atoms with Crippen molar-refractivity contribution in [2.24, 2.45) is 0 Å². The number of hydrogen-bond donors (Lipinski definition) is 3. The van der Waals surface area contributed by atoms with Gasteiger partial charge in [-0.05, 0) is 87.2 Å². The van der Waals surface area contributed by atoms with E-state index < -0.39 is 15.9 Å². The molecule has 7 nitrogen and oxygen atoms in total. The molecule has 8 heteroatoms. The molecule has 0 unspecified atom stereocenters. The van der Waals surface area contributed by atoms with Gasteiger partial charge in [-0.15, -0.1) is 0 Å². The standard InChI is InChI=1S/C27H31N3O4S/c1-6-20(5)28-27(32)23-9-7-8-10-24(23)29-26(31)21-12-11-19(4)25(16-21)35(33,34)30-22-14-17(2)13-18(3)15-22/h7-16,20,30H,6H2,1-5H3,(H,28,32)(H,29,31)/t20-/m0/s1. The summed E-state index contributed by atoms with van der Waals surface area (Å²) in [5, 5.41) is 5.64. The van der Waals surface area contributed by atoms with Gasteiger partial charge in [0.15, 0.2) is 0 Å². The minimum atomic E-state index is -3.94. The van der Waals surface area contributed by atoms with E-state index in [9.17, 15) is 18.0 Å². The van der Waals surface area contributed by atoms with E-state index in [0.29, 0.717) is 22.5 Å². The Morgan fingerprint density at radius 3 is 2.20 bits per heavy atom. The molecule has 3 rings (SSSR count). The number of rotatable bonds is 8. The van der Waals surface area contributed by atoms with Crippen molar-refractivity contribution in [1.82, 2.24) is 5.32 Å². The Labute approximate surface area is 207 Å². The average molecular weight is 494 g/mol. The average Bonchev–Trinajstić information content (AvgIpc) is 2.78. The summed E-state index contributed by atoms with van der Waals surface area (Å²) < 4.78 is 28.9. The molecule has 3 N–H and O–H groups in total. The highest BCUT2D eigenvalue weighted by molar-refractivity contribution is 7.92. The van der Waals surface area contributed by atoms with Gasteiger partial charge in [0.25, 0.3) is 21.8 Å². The molecule has 184 valence electrons. The van der Waals surface area contributed by atoms with Crippen LogP contribution in [0.2, 0.25) is 0 Å². The third kappa shape index (κ3) is 6.48. The lowest BCUT2D eigenvalue weighted by atomic mass is 10.1. The van der Waals surface area contributed by atoms with Crippen molar-refractivity contribution >= 4 is 33.2 Å². The molecule has 35 heavy (non-hydrogen) atoms. The van der Waals surface area contributed by atoms with Gasteiger partial charge in [0.05, 0.1) is 16.1 Å². The quantitative estimate of drug-likeness (QED) is 0.401. The molecule has 3 aromatic rings. The number of para-hydroxylation sites is 1. The maximum atomic E-state index is 13.2. The summed E-state index contributed by atoms with van der Waals surface area (Å²) in [6.45, 7) is 9.33. The van der Waals surface area contributed by atoms with Crippen LogP contribution in [0.1, 0.15) is 57.7 Å². The van der Waals surface area contributed by atoms with E-state index in [2.05, 4.69) is 15.4 Å². The Morgan fingerprint density at radius 2 is 1.54 bits per heavy atom. The second kappa shape index (κ2) is 10.7.